The molecule has 11 N–H and O–H groups in total. The molecular formula is C26H39N9O5. The number of guanidine groups is 1. The summed E-state index contributed by atoms with van der Waals surface area (Å²) in [4.78, 5) is 61.7. The fraction of sp³-hybridized carbons (Fsp3) is 0.462. The van der Waals surface area contributed by atoms with Crippen LogP contribution < -0.4 is 33.2 Å². The first-order valence-electron chi connectivity index (χ1n) is 12.9. The number of amides is 3. The maximum Gasteiger partial charge on any atom is 0.326 e. The topological polar surface area (TPSA) is 244 Å². The lowest BCUT2D eigenvalue weighted by molar-refractivity contribution is -0.142. The van der Waals surface area contributed by atoms with Crippen molar-refractivity contribution in [3.05, 3.63) is 54.1 Å². The number of aliphatic carboxylic acids is 1. The lowest BCUT2D eigenvalue weighted by Gasteiger charge is -2.27. The third-order valence-corrected chi connectivity index (χ3v) is 6.05. The first-order chi connectivity index (χ1) is 19.0. The second-order valence-electron chi connectivity index (χ2n) is 9.72. The van der Waals surface area contributed by atoms with Crippen molar-refractivity contribution in [1.82, 2.24) is 25.9 Å². The lowest BCUT2D eigenvalue weighted by atomic mass is 10.0. The van der Waals surface area contributed by atoms with Gasteiger partial charge in [0.25, 0.3) is 0 Å². The van der Waals surface area contributed by atoms with Crippen LogP contribution in [-0.2, 0) is 32.0 Å². The fourth-order valence-electron chi connectivity index (χ4n) is 3.88. The maximum absolute atomic E-state index is 13.4. The van der Waals surface area contributed by atoms with Gasteiger partial charge in [-0.1, -0.05) is 44.2 Å². The number of carbonyl (C=O) groups is 4. The quantitative estimate of drug-likeness (QED) is 0.0698. The van der Waals surface area contributed by atoms with Crippen LogP contribution in [0.25, 0.3) is 0 Å². The minimum absolute atomic E-state index is 0.0601. The Bertz CT molecular complexity index is 1130. The van der Waals surface area contributed by atoms with E-state index in [1.807, 2.05) is 30.3 Å². The average Bonchev–Trinajstić information content (AvgIpc) is 3.41. The van der Waals surface area contributed by atoms with Gasteiger partial charge in [0, 0.05) is 24.9 Å². The molecule has 0 saturated carbocycles. The molecule has 1 heterocycles. The van der Waals surface area contributed by atoms with Crippen LogP contribution in [0.2, 0.25) is 0 Å². The zero-order chi connectivity index (χ0) is 29.7. The second-order valence-corrected chi connectivity index (χ2v) is 9.72. The Morgan fingerprint density at radius 1 is 0.975 bits per heavy atom. The number of nitrogens with one attached hydrogen (secondary N) is 4. The van der Waals surface area contributed by atoms with Gasteiger partial charge in [0.15, 0.2) is 5.96 Å². The van der Waals surface area contributed by atoms with E-state index in [1.54, 1.807) is 13.8 Å². The summed E-state index contributed by atoms with van der Waals surface area (Å²) in [5.74, 6) is -3.60. The number of carbonyl (C=O) groups excluding carboxylic acids is 3. The zero-order valence-electron chi connectivity index (χ0n) is 22.7. The number of aromatic nitrogens is 2. The minimum atomic E-state index is -1.23. The summed E-state index contributed by atoms with van der Waals surface area (Å²) in [6.45, 7) is 3.61. The van der Waals surface area contributed by atoms with Crippen LogP contribution in [0.1, 0.15) is 37.9 Å². The molecule has 0 bridgehead atoms. The van der Waals surface area contributed by atoms with Gasteiger partial charge in [0.2, 0.25) is 17.7 Å². The SMILES string of the molecule is CC(C)[C@@H](NC(=O)[C@@H](Cc1cnc[nH]1)NC(=O)[C@H](N)Cc1ccccc1)C(=O)N[C@H](CCCN=C(N)N)C(=O)O. The molecule has 0 spiro atoms. The number of nitrogens with two attached hydrogens (primary N) is 3. The van der Waals surface area contributed by atoms with Gasteiger partial charge in [-0.05, 0) is 30.7 Å². The van der Waals surface area contributed by atoms with E-state index in [2.05, 4.69) is 30.9 Å². The van der Waals surface area contributed by atoms with Gasteiger partial charge in [-0.3, -0.25) is 19.4 Å². The Balaban J connectivity index is 2.11. The monoisotopic (exact) mass is 557 g/mol. The molecule has 0 fully saturated rings. The van der Waals surface area contributed by atoms with Crippen molar-refractivity contribution in [3.8, 4) is 0 Å². The van der Waals surface area contributed by atoms with Gasteiger partial charge in [-0.2, -0.15) is 0 Å². The number of carboxylic acid groups (broad SMARTS) is 1. The van der Waals surface area contributed by atoms with Crippen LogP contribution in [0.15, 0.2) is 47.8 Å². The molecule has 14 nitrogen and oxygen atoms in total. The molecular weight excluding hydrogens is 518 g/mol. The molecule has 0 aliphatic carbocycles. The third kappa shape index (κ3) is 10.7. The summed E-state index contributed by atoms with van der Waals surface area (Å²) in [6, 6.07) is 4.93. The van der Waals surface area contributed by atoms with Gasteiger partial charge in [0.1, 0.15) is 18.1 Å². The van der Waals surface area contributed by atoms with E-state index in [9.17, 15) is 24.3 Å². The van der Waals surface area contributed by atoms with Crippen LogP contribution in [0, 0.1) is 5.92 Å². The summed E-state index contributed by atoms with van der Waals surface area (Å²) in [7, 11) is 0. The largest absolute Gasteiger partial charge is 0.480 e. The maximum atomic E-state index is 13.4. The van der Waals surface area contributed by atoms with E-state index in [1.165, 1.54) is 12.5 Å². The highest BCUT2D eigenvalue weighted by molar-refractivity contribution is 5.94. The lowest BCUT2D eigenvalue weighted by Crippen LogP contribution is -2.59. The molecule has 3 amide bonds. The zero-order valence-corrected chi connectivity index (χ0v) is 22.7. The highest BCUT2D eigenvalue weighted by atomic mass is 16.4. The highest BCUT2D eigenvalue weighted by Crippen LogP contribution is 2.08. The number of rotatable bonds is 16. The van der Waals surface area contributed by atoms with E-state index in [-0.39, 0.29) is 31.8 Å². The molecule has 0 aliphatic rings. The average molecular weight is 558 g/mol. The summed E-state index contributed by atoms with van der Waals surface area (Å²) in [6.07, 6.45) is 3.68. The minimum Gasteiger partial charge on any atom is -0.480 e. The summed E-state index contributed by atoms with van der Waals surface area (Å²) >= 11 is 0. The third-order valence-electron chi connectivity index (χ3n) is 6.05. The van der Waals surface area contributed by atoms with Crippen LogP contribution in [0.4, 0.5) is 0 Å². The predicted molar refractivity (Wildman–Crippen MR) is 149 cm³/mol. The second kappa shape index (κ2) is 15.8. The number of carboxylic acids is 1. The van der Waals surface area contributed by atoms with Crippen molar-refractivity contribution in [3.63, 3.8) is 0 Å². The van der Waals surface area contributed by atoms with E-state index in [0.717, 1.165) is 5.56 Å². The number of nitrogens with zero attached hydrogens (tertiary/aromatic N) is 2. The number of hydrogen-bond donors (Lipinski definition) is 8. The molecule has 4 atom stereocenters. The van der Waals surface area contributed by atoms with Crippen LogP contribution >= 0.6 is 0 Å². The first kappa shape index (κ1) is 31.8. The number of aromatic amines is 1. The van der Waals surface area contributed by atoms with Crippen LogP contribution in [-0.4, -0.2) is 75.4 Å². The highest BCUT2D eigenvalue weighted by Gasteiger charge is 2.32. The number of aliphatic imine (C=N–C) groups is 1. The summed E-state index contributed by atoms with van der Waals surface area (Å²) in [5, 5.41) is 17.4. The van der Waals surface area contributed by atoms with E-state index < -0.39 is 53.8 Å². The molecule has 0 aliphatic heterocycles. The molecule has 2 rings (SSSR count). The standard InChI is InChI=1S/C26H39N9O5/c1-15(2)21(24(38)33-19(25(39)40)9-6-10-31-26(28)29)35-23(37)20(12-17-13-30-14-32-17)34-22(36)18(27)11-16-7-4-3-5-8-16/h3-5,7-8,13-15,18-21H,6,9-12,27H2,1-2H3,(H,30,32)(H,33,38)(H,34,36)(H,35,37)(H,39,40)(H4,28,29,31)/t18-,19-,20-,21-/m1/s1. The van der Waals surface area contributed by atoms with Gasteiger partial charge in [-0.25, -0.2) is 9.78 Å². The molecule has 14 heteroatoms. The Morgan fingerprint density at radius 2 is 1.65 bits per heavy atom. The molecule has 218 valence electrons. The van der Waals surface area contributed by atoms with Crippen molar-refractivity contribution >= 4 is 29.7 Å². The van der Waals surface area contributed by atoms with Crippen molar-refractivity contribution in [2.75, 3.05) is 6.54 Å². The van der Waals surface area contributed by atoms with E-state index in [4.69, 9.17) is 17.2 Å². The normalized spacial score (nSPS) is 13.9. The molecule has 1 aromatic carbocycles. The smallest absolute Gasteiger partial charge is 0.326 e. The first-order valence-corrected chi connectivity index (χ1v) is 12.9. The Hall–Kier alpha value is -4.46. The van der Waals surface area contributed by atoms with Crippen LogP contribution in [0.3, 0.4) is 0 Å². The van der Waals surface area contributed by atoms with Crippen LogP contribution in [0.5, 0.6) is 0 Å². The molecule has 40 heavy (non-hydrogen) atoms. The van der Waals surface area contributed by atoms with Gasteiger partial charge in [-0.15, -0.1) is 0 Å². The number of benzene rings is 1. The van der Waals surface area contributed by atoms with E-state index >= 15 is 0 Å². The molecule has 2 aromatic rings. The molecule has 1 aromatic heterocycles. The Kier molecular flexibility index (Phi) is 12.6. The number of H-pyrrole nitrogens is 1. The Morgan fingerprint density at radius 3 is 2.23 bits per heavy atom. The molecule has 0 saturated heterocycles. The van der Waals surface area contributed by atoms with Crippen molar-refractivity contribution in [2.24, 2.45) is 28.1 Å². The molecule has 0 unspecified atom stereocenters. The molecule has 0 radical (unpaired) electrons. The predicted octanol–water partition coefficient (Wildman–Crippen LogP) is -1.23. The van der Waals surface area contributed by atoms with Crippen molar-refractivity contribution in [2.45, 2.75) is 63.7 Å². The van der Waals surface area contributed by atoms with Gasteiger partial charge in [0.05, 0.1) is 12.4 Å². The van der Waals surface area contributed by atoms with Crippen molar-refractivity contribution < 1.29 is 24.3 Å². The number of imidazole rings is 1. The van der Waals surface area contributed by atoms with Gasteiger partial charge < -0.3 is 43.2 Å². The van der Waals surface area contributed by atoms with E-state index in [0.29, 0.717) is 12.1 Å². The van der Waals surface area contributed by atoms with Crippen molar-refractivity contribution in [1.29, 1.82) is 0 Å². The Labute approximate surface area is 232 Å². The fourth-order valence-corrected chi connectivity index (χ4v) is 3.88. The summed E-state index contributed by atoms with van der Waals surface area (Å²) in [5.41, 5.74) is 18.1. The summed E-state index contributed by atoms with van der Waals surface area (Å²) < 4.78 is 0. The number of hydrogen-bond acceptors (Lipinski definition) is 7. The van der Waals surface area contributed by atoms with Gasteiger partial charge >= 0.3 is 5.97 Å².